The molecule has 1 unspecified atom stereocenters. The van der Waals surface area contributed by atoms with Gasteiger partial charge in [0, 0.05) is 38.8 Å². The quantitative estimate of drug-likeness (QED) is 0.629. The molecule has 1 atom stereocenters. The first-order chi connectivity index (χ1) is 13.9. The summed E-state index contributed by atoms with van der Waals surface area (Å²) >= 11 is 0. The van der Waals surface area contributed by atoms with E-state index in [9.17, 15) is 9.59 Å². The van der Waals surface area contributed by atoms with E-state index < -0.39 is 0 Å². The number of methoxy groups -OCH3 is 1. The van der Waals surface area contributed by atoms with Gasteiger partial charge in [0.1, 0.15) is 12.4 Å². The number of ether oxygens (including phenoxy) is 2. The molecule has 1 aromatic rings. The van der Waals surface area contributed by atoms with Crippen LogP contribution in [-0.4, -0.2) is 85.1 Å². The summed E-state index contributed by atoms with van der Waals surface area (Å²) in [5.41, 5.74) is 1.04. The van der Waals surface area contributed by atoms with E-state index in [1.54, 1.807) is 12.0 Å². The lowest BCUT2D eigenvalue weighted by Gasteiger charge is -2.27. The standard InChI is InChI=1S/C22H35N3O4/c1-6-23(7-2)22(27)16-29-20-13-24(17(3)4)15-21(26)25(14-20)12-18-8-10-19(28-5)11-9-18/h8-11,17,20H,6-7,12-16H2,1-5H3. The molecule has 0 bridgehead atoms. The lowest BCUT2D eigenvalue weighted by atomic mass is 10.2. The van der Waals surface area contributed by atoms with E-state index in [-0.39, 0.29) is 30.6 Å². The van der Waals surface area contributed by atoms with Crippen LogP contribution in [0.1, 0.15) is 33.3 Å². The molecule has 162 valence electrons. The average molecular weight is 406 g/mol. The molecule has 2 amide bonds. The summed E-state index contributed by atoms with van der Waals surface area (Å²) < 4.78 is 11.2. The summed E-state index contributed by atoms with van der Waals surface area (Å²) in [6.07, 6.45) is -0.207. The predicted octanol–water partition coefficient (Wildman–Crippen LogP) is 2.00. The second-order valence-electron chi connectivity index (χ2n) is 7.64. The number of benzene rings is 1. The van der Waals surface area contributed by atoms with Gasteiger partial charge in [-0.1, -0.05) is 12.1 Å². The van der Waals surface area contributed by atoms with Gasteiger partial charge in [0.2, 0.25) is 11.8 Å². The molecule has 7 nitrogen and oxygen atoms in total. The Bertz CT molecular complexity index is 659. The summed E-state index contributed by atoms with van der Waals surface area (Å²) in [6, 6.07) is 7.96. The second-order valence-corrected chi connectivity index (χ2v) is 7.64. The highest BCUT2D eigenvalue weighted by Crippen LogP contribution is 2.17. The Hall–Kier alpha value is -2.12. The third-order valence-corrected chi connectivity index (χ3v) is 5.37. The summed E-state index contributed by atoms with van der Waals surface area (Å²) in [7, 11) is 1.63. The maximum absolute atomic E-state index is 12.9. The van der Waals surface area contributed by atoms with Crippen LogP contribution in [0.5, 0.6) is 5.75 Å². The number of rotatable bonds is 9. The van der Waals surface area contributed by atoms with Crippen LogP contribution in [0.25, 0.3) is 0 Å². The summed E-state index contributed by atoms with van der Waals surface area (Å²) in [5, 5.41) is 0. The van der Waals surface area contributed by atoms with Crippen molar-refractivity contribution in [1.82, 2.24) is 14.7 Å². The Kier molecular flexibility index (Phi) is 8.92. The molecular formula is C22H35N3O4. The maximum atomic E-state index is 12.9. The Labute approximate surface area is 174 Å². The van der Waals surface area contributed by atoms with Gasteiger partial charge >= 0.3 is 0 Å². The van der Waals surface area contributed by atoms with Crippen LogP contribution in [0, 0.1) is 0 Å². The van der Waals surface area contributed by atoms with Gasteiger partial charge in [-0.3, -0.25) is 14.5 Å². The molecule has 1 aliphatic heterocycles. The average Bonchev–Trinajstić information content (AvgIpc) is 2.87. The molecule has 1 saturated heterocycles. The van der Waals surface area contributed by atoms with Gasteiger partial charge in [0.15, 0.2) is 0 Å². The minimum absolute atomic E-state index is 0.0108. The monoisotopic (exact) mass is 405 g/mol. The van der Waals surface area contributed by atoms with Gasteiger partial charge in [-0.05, 0) is 45.4 Å². The largest absolute Gasteiger partial charge is 0.497 e. The molecule has 7 heteroatoms. The molecule has 0 saturated carbocycles. The van der Waals surface area contributed by atoms with Crippen molar-refractivity contribution in [2.75, 3.05) is 46.4 Å². The van der Waals surface area contributed by atoms with Crippen molar-refractivity contribution in [2.24, 2.45) is 0 Å². The van der Waals surface area contributed by atoms with Crippen LogP contribution < -0.4 is 4.74 Å². The number of likely N-dealkylation sites (N-methyl/N-ethyl adjacent to an activating group) is 1. The highest BCUT2D eigenvalue weighted by molar-refractivity contribution is 5.79. The highest BCUT2D eigenvalue weighted by atomic mass is 16.5. The number of hydrogen-bond acceptors (Lipinski definition) is 5. The van der Waals surface area contributed by atoms with Crippen molar-refractivity contribution in [1.29, 1.82) is 0 Å². The fourth-order valence-corrected chi connectivity index (χ4v) is 3.46. The van der Waals surface area contributed by atoms with Crippen molar-refractivity contribution in [3.8, 4) is 5.75 Å². The van der Waals surface area contributed by atoms with Crippen molar-refractivity contribution in [3.05, 3.63) is 29.8 Å². The fourth-order valence-electron chi connectivity index (χ4n) is 3.46. The van der Waals surface area contributed by atoms with Crippen LogP contribution in [0.3, 0.4) is 0 Å². The molecule has 0 aromatic heterocycles. The smallest absolute Gasteiger partial charge is 0.248 e. The first-order valence-electron chi connectivity index (χ1n) is 10.4. The first-order valence-corrected chi connectivity index (χ1v) is 10.4. The van der Waals surface area contributed by atoms with E-state index in [0.29, 0.717) is 39.3 Å². The number of carbonyl (C=O) groups excluding carboxylic acids is 2. The lowest BCUT2D eigenvalue weighted by Crippen LogP contribution is -2.41. The first kappa shape index (κ1) is 23.2. The zero-order chi connectivity index (χ0) is 21.4. The number of nitrogens with zero attached hydrogens (tertiary/aromatic N) is 3. The van der Waals surface area contributed by atoms with Crippen molar-refractivity contribution >= 4 is 11.8 Å². The van der Waals surface area contributed by atoms with E-state index in [1.807, 2.05) is 43.0 Å². The number of carbonyl (C=O) groups is 2. The SMILES string of the molecule is CCN(CC)C(=O)COC1CN(Cc2ccc(OC)cc2)C(=O)CN(C(C)C)C1. The van der Waals surface area contributed by atoms with E-state index in [1.165, 1.54) is 0 Å². The molecule has 1 heterocycles. The van der Waals surface area contributed by atoms with Crippen LogP contribution in [0.4, 0.5) is 0 Å². The maximum Gasteiger partial charge on any atom is 0.248 e. The number of hydrogen-bond donors (Lipinski definition) is 0. The van der Waals surface area contributed by atoms with E-state index in [4.69, 9.17) is 9.47 Å². The molecule has 0 N–H and O–H groups in total. The predicted molar refractivity (Wildman–Crippen MR) is 113 cm³/mol. The summed E-state index contributed by atoms with van der Waals surface area (Å²) in [5.74, 6) is 0.858. The Morgan fingerprint density at radius 1 is 1.17 bits per heavy atom. The topological polar surface area (TPSA) is 62.3 Å². The third kappa shape index (κ3) is 6.72. The third-order valence-electron chi connectivity index (χ3n) is 5.37. The van der Waals surface area contributed by atoms with Crippen LogP contribution in [-0.2, 0) is 20.9 Å². The van der Waals surface area contributed by atoms with Gasteiger partial charge in [0.25, 0.3) is 0 Å². The molecule has 0 spiro atoms. The van der Waals surface area contributed by atoms with Crippen LogP contribution in [0.15, 0.2) is 24.3 Å². The van der Waals surface area contributed by atoms with Gasteiger partial charge in [-0.25, -0.2) is 0 Å². The van der Waals surface area contributed by atoms with Gasteiger partial charge in [-0.15, -0.1) is 0 Å². The highest BCUT2D eigenvalue weighted by Gasteiger charge is 2.30. The Balaban J connectivity index is 2.08. The zero-order valence-electron chi connectivity index (χ0n) is 18.4. The van der Waals surface area contributed by atoms with Crippen LogP contribution in [0.2, 0.25) is 0 Å². The minimum Gasteiger partial charge on any atom is -0.497 e. The van der Waals surface area contributed by atoms with E-state index in [2.05, 4.69) is 18.7 Å². The molecule has 0 radical (unpaired) electrons. The van der Waals surface area contributed by atoms with Crippen molar-refractivity contribution in [2.45, 2.75) is 46.4 Å². The van der Waals surface area contributed by atoms with Crippen molar-refractivity contribution in [3.63, 3.8) is 0 Å². The van der Waals surface area contributed by atoms with E-state index >= 15 is 0 Å². The van der Waals surface area contributed by atoms with Crippen LogP contribution >= 0.6 is 0 Å². The molecule has 1 aliphatic rings. The summed E-state index contributed by atoms with van der Waals surface area (Å²) in [6.45, 7) is 11.4. The molecule has 29 heavy (non-hydrogen) atoms. The number of amides is 2. The fraction of sp³-hybridized carbons (Fsp3) is 0.636. The minimum atomic E-state index is -0.207. The van der Waals surface area contributed by atoms with Gasteiger partial charge in [0.05, 0.1) is 19.8 Å². The van der Waals surface area contributed by atoms with Crippen molar-refractivity contribution < 1.29 is 19.1 Å². The molecular weight excluding hydrogens is 370 g/mol. The lowest BCUT2D eigenvalue weighted by molar-refractivity contribution is -0.138. The molecule has 1 fully saturated rings. The normalized spacial score (nSPS) is 18.1. The van der Waals surface area contributed by atoms with E-state index in [0.717, 1.165) is 11.3 Å². The molecule has 1 aromatic carbocycles. The Morgan fingerprint density at radius 3 is 2.38 bits per heavy atom. The second kappa shape index (κ2) is 11.2. The van der Waals surface area contributed by atoms with Gasteiger partial charge < -0.3 is 19.3 Å². The van der Waals surface area contributed by atoms with Gasteiger partial charge in [-0.2, -0.15) is 0 Å². The zero-order valence-corrected chi connectivity index (χ0v) is 18.4. The Morgan fingerprint density at radius 2 is 1.83 bits per heavy atom. The molecule has 2 rings (SSSR count). The molecule has 0 aliphatic carbocycles. The summed E-state index contributed by atoms with van der Waals surface area (Å²) in [4.78, 5) is 30.9.